The summed E-state index contributed by atoms with van der Waals surface area (Å²) in [7, 11) is 0. The van der Waals surface area contributed by atoms with Gasteiger partial charge in [0.15, 0.2) is 0 Å². The van der Waals surface area contributed by atoms with Gasteiger partial charge >= 0.3 is 0 Å². The van der Waals surface area contributed by atoms with Crippen LogP contribution in [0.1, 0.15) is 51.4 Å². The van der Waals surface area contributed by atoms with Gasteiger partial charge in [-0.3, -0.25) is 0 Å². The Kier molecular flexibility index (Phi) is 3.21. The van der Waals surface area contributed by atoms with Gasteiger partial charge in [-0.1, -0.05) is 12.8 Å². The molecule has 2 nitrogen and oxygen atoms in total. The number of aliphatic hydroxyl groups is 1. The minimum atomic E-state index is 0.0226. The van der Waals surface area contributed by atoms with E-state index in [0.717, 1.165) is 0 Å². The van der Waals surface area contributed by atoms with E-state index in [2.05, 4.69) is 4.90 Å². The van der Waals surface area contributed by atoms with Gasteiger partial charge in [-0.05, 0) is 57.5 Å². The van der Waals surface area contributed by atoms with Gasteiger partial charge < -0.3 is 10.0 Å². The molecule has 1 aliphatic heterocycles. The molecule has 0 aromatic heterocycles. The predicted octanol–water partition coefficient (Wildman–Crippen LogP) is 2.41. The van der Waals surface area contributed by atoms with Gasteiger partial charge in [-0.15, -0.1) is 0 Å². The number of hydrogen-bond donors (Lipinski definition) is 1. The van der Waals surface area contributed by atoms with Gasteiger partial charge in [0.25, 0.3) is 0 Å². The normalized spacial score (nSPS) is 45.6. The van der Waals surface area contributed by atoms with Gasteiger partial charge in [0.1, 0.15) is 0 Å². The Bertz CT molecular complexity index is 237. The van der Waals surface area contributed by atoms with Crippen LogP contribution in [0.15, 0.2) is 0 Å². The Morgan fingerprint density at radius 2 is 1.62 bits per heavy atom. The van der Waals surface area contributed by atoms with Gasteiger partial charge in [0, 0.05) is 12.0 Å². The van der Waals surface area contributed by atoms with Crippen molar-refractivity contribution in [3.63, 3.8) is 0 Å². The number of hydrogen-bond acceptors (Lipinski definition) is 2. The molecule has 0 radical (unpaired) electrons. The molecule has 0 aromatic carbocycles. The van der Waals surface area contributed by atoms with Crippen molar-refractivity contribution in [2.45, 2.75) is 63.5 Å². The lowest BCUT2D eigenvalue weighted by atomic mass is 9.67. The topological polar surface area (TPSA) is 23.5 Å². The van der Waals surface area contributed by atoms with Crippen molar-refractivity contribution in [2.75, 3.05) is 13.1 Å². The average Bonchev–Trinajstić information content (AvgIpc) is 2.30. The van der Waals surface area contributed by atoms with E-state index in [1.807, 2.05) is 0 Å². The van der Waals surface area contributed by atoms with Gasteiger partial charge in [-0.2, -0.15) is 0 Å². The fourth-order valence-corrected chi connectivity index (χ4v) is 4.34. The van der Waals surface area contributed by atoms with Crippen LogP contribution in [-0.4, -0.2) is 35.2 Å². The summed E-state index contributed by atoms with van der Waals surface area (Å²) in [5, 5.41) is 10.4. The third kappa shape index (κ3) is 1.91. The Morgan fingerprint density at radius 1 is 0.812 bits per heavy atom. The maximum Gasteiger partial charge on any atom is 0.0611 e. The molecule has 16 heavy (non-hydrogen) atoms. The van der Waals surface area contributed by atoms with Crippen LogP contribution in [0.3, 0.4) is 0 Å². The zero-order chi connectivity index (χ0) is 11.0. The first-order valence-electron chi connectivity index (χ1n) is 7.28. The SMILES string of the molecule is O[C@@H]1[C@H]2CCC[C@H]1[C@@H](N1CCCCC1)CC2. The van der Waals surface area contributed by atoms with E-state index in [9.17, 15) is 5.11 Å². The van der Waals surface area contributed by atoms with Gasteiger partial charge in [0.2, 0.25) is 0 Å². The van der Waals surface area contributed by atoms with E-state index in [-0.39, 0.29) is 6.10 Å². The van der Waals surface area contributed by atoms with E-state index in [1.165, 1.54) is 64.5 Å². The van der Waals surface area contributed by atoms with E-state index in [4.69, 9.17) is 0 Å². The molecule has 92 valence electrons. The molecular formula is C14H25NO. The first-order chi connectivity index (χ1) is 7.86. The van der Waals surface area contributed by atoms with Crippen LogP contribution in [-0.2, 0) is 0 Å². The maximum atomic E-state index is 10.4. The molecule has 1 heterocycles. The Morgan fingerprint density at radius 3 is 2.44 bits per heavy atom. The van der Waals surface area contributed by atoms with E-state index < -0.39 is 0 Å². The third-order valence-corrected chi connectivity index (χ3v) is 5.22. The zero-order valence-electron chi connectivity index (χ0n) is 10.3. The highest BCUT2D eigenvalue weighted by Gasteiger charge is 2.42. The van der Waals surface area contributed by atoms with Gasteiger partial charge in [0.05, 0.1) is 6.10 Å². The molecule has 3 rings (SSSR count). The Labute approximate surface area is 99.0 Å². The molecule has 3 aliphatic rings. The van der Waals surface area contributed by atoms with Crippen LogP contribution in [0.4, 0.5) is 0 Å². The molecule has 2 saturated carbocycles. The van der Waals surface area contributed by atoms with Crippen molar-refractivity contribution in [1.29, 1.82) is 0 Å². The van der Waals surface area contributed by atoms with Crippen molar-refractivity contribution in [2.24, 2.45) is 11.8 Å². The number of rotatable bonds is 1. The highest BCUT2D eigenvalue weighted by molar-refractivity contribution is 4.95. The number of aliphatic hydroxyl groups excluding tert-OH is 1. The highest BCUT2D eigenvalue weighted by atomic mass is 16.3. The minimum Gasteiger partial charge on any atom is -0.392 e. The molecule has 4 atom stereocenters. The smallest absolute Gasteiger partial charge is 0.0611 e. The zero-order valence-corrected chi connectivity index (χ0v) is 10.3. The molecule has 2 aliphatic carbocycles. The third-order valence-electron chi connectivity index (χ3n) is 5.22. The molecule has 0 amide bonds. The summed E-state index contributed by atoms with van der Waals surface area (Å²) in [4.78, 5) is 2.69. The van der Waals surface area contributed by atoms with Gasteiger partial charge in [-0.25, -0.2) is 0 Å². The standard InChI is InChI=1S/C14H25NO/c16-14-11-5-4-6-12(14)13(8-7-11)15-9-2-1-3-10-15/h11-14,16H,1-10H2/t11-,12-,13-,14+/m0/s1. The van der Waals surface area contributed by atoms with Crippen molar-refractivity contribution < 1.29 is 5.11 Å². The first-order valence-corrected chi connectivity index (χ1v) is 7.28. The summed E-state index contributed by atoms with van der Waals surface area (Å²) in [6.07, 6.45) is 10.7. The molecule has 1 N–H and O–H groups in total. The highest BCUT2D eigenvalue weighted by Crippen LogP contribution is 2.42. The quantitative estimate of drug-likeness (QED) is 0.738. The number of fused-ring (bicyclic) bond motifs is 2. The fraction of sp³-hybridized carbons (Fsp3) is 1.00. The minimum absolute atomic E-state index is 0.0226. The first kappa shape index (κ1) is 11.0. The second-order valence-electron chi connectivity index (χ2n) is 6.09. The molecule has 0 spiro atoms. The number of nitrogens with zero attached hydrogens (tertiary/aromatic N) is 1. The summed E-state index contributed by atoms with van der Waals surface area (Å²) in [5.74, 6) is 1.24. The lowest BCUT2D eigenvalue weighted by Crippen LogP contribution is -2.53. The maximum absolute atomic E-state index is 10.4. The molecule has 2 bridgehead atoms. The summed E-state index contributed by atoms with van der Waals surface area (Å²) >= 11 is 0. The fourth-order valence-electron chi connectivity index (χ4n) is 4.34. The van der Waals surface area contributed by atoms with E-state index in [0.29, 0.717) is 17.9 Å². The lowest BCUT2D eigenvalue weighted by Gasteiger charge is -2.49. The number of piperidine rings is 1. The van der Waals surface area contributed by atoms with E-state index in [1.54, 1.807) is 0 Å². The monoisotopic (exact) mass is 223 g/mol. The van der Waals surface area contributed by atoms with Crippen LogP contribution in [0.25, 0.3) is 0 Å². The predicted molar refractivity (Wildman–Crippen MR) is 65.3 cm³/mol. The summed E-state index contributed by atoms with van der Waals surface area (Å²) in [6, 6.07) is 0.715. The largest absolute Gasteiger partial charge is 0.392 e. The second kappa shape index (κ2) is 4.66. The van der Waals surface area contributed by atoms with Crippen molar-refractivity contribution in [3.05, 3.63) is 0 Å². The summed E-state index contributed by atoms with van der Waals surface area (Å²) < 4.78 is 0. The van der Waals surface area contributed by atoms with Crippen LogP contribution < -0.4 is 0 Å². The second-order valence-corrected chi connectivity index (χ2v) is 6.09. The van der Waals surface area contributed by atoms with Crippen LogP contribution in [0, 0.1) is 11.8 Å². The van der Waals surface area contributed by atoms with Crippen LogP contribution in [0.2, 0.25) is 0 Å². The molecule has 0 aromatic rings. The molecular weight excluding hydrogens is 198 g/mol. The summed E-state index contributed by atoms with van der Waals surface area (Å²) in [6.45, 7) is 2.58. The molecule has 1 saturated heterocycles. The van der Waals surface area contributed by atoms with Crippen LogP contribution >= 0.6 is 0 Å². The number of likely N-dealkylation sites (tertiary alicyclic amines) is 1. The van der Waals surface area contributed by atoms with Crippen molar-refractivity contribution >= 4 is 0 Å². The van der Waals surface area contributed by atoms with Crippen LogP contribution in [0.5, 0.6) is 0 Å². The van der Waals surface area contributed by atoms with Crippen molar-refractivity contribution in [3.8, 4) is 0 Å². The lowest BCUT2D eigenvalue weighted by molar-refractivity contribution is -0.0659. The summed E-state index contributed by atoms with van der Waals surface area (Å²) in [5.41, 5.74) is 0. The molecule has 3 fully saturated rings. The molecule has 0 unspecified atom stereocenters. The average molecular weight is 223 g/mol. The van der Waals surface area contributed by atoms with Crippen molar-refractivity contribution in [1.82, 2.24) is 4.90 Å². The Balaban J connectivity index is 1.69. The van der Waals surface area contributed by atoms with E-state index >= 15 is 0 Å². The Hall–Kier alpha value is -0.0800. The molecule has 2 heteroatoms.